The van der Waals surface area contributed by atoms with Crippen LogP contribution in [0.1, 0.15) is 29.5 Å². The topological polar surface area (TPSA) is 86.5 Å². The standard InChI is InChI=1S/C23H23N3O4/c1-28-19-11-7-15(13-20(19)29-2)8-12-21(27)24-23-22(25-30-26-23)18-10-9-16-5-3-4-6-17(16)14-18/h7-14H,3-6H2,1-2H3,(H,24,26,27)/b12-8+. The molecule has 1 N–H and O–H groups in total. The van der Waals surface area contributed by atoms with Gasteiger partial charge >= 0.3 is 0 Å². The largest absolute Gasteiger partial charge is 0.493 e. The van der Waals surface area contributed by atoms with Crippen LogP contribution in [-0.2, 0) is 17.6 Å². The number of carbonyl (C=O) groups is 1. The average Bonchev–Trinajstić information content (AvgIpc) is 3.25. The van der Waals surface area contributed by atoms with Crippen LogP contribution < -0.4 is 14.8 Å². The number of aromatic nitrogens is 2. The van der Waals surface area contributed by atoms with Crippen molar-refractivity contribution in [2.75, 3.05) is 19.5 Å². The lowest BCUT2D eigenvalue weighted by molar-refractivity contribution is -0.111. The molecule has 0 saturated heterocycles. The normalized spacial score (nSPS) is 13.1. The summed E-state index contributed by atoms with van der Waals surface area (Å²) < 4.78 is 15.4. The molecule has 0 unspecified atom stereocenters. The highest BCUT2D eigenvalue weighted by molar-refractivity contribution is 6.03. The fourth-order valence-corrected chi connectivity index (χ4v) is 3.63. The summed E-state index contributed by atoms with van der Waals surface area (Å²) >= 11 is 0. The number of nitrogens with one attached hydrogen (secondary N) is 1. The van der Waals surface area contributed by atoms with Crippen LogP contribution in [0, 0.1) is 0 Å². The Hall–Kier alpha value is -3.61. The van der Waals surface area contributed by atoms with Crippen molar-refractivity contribution in [1.82, 2.24) is 10.3 Å². The Labute approximate surface area is 174 Å². The average molecular weight is 405 g/mol. The first-order chi connectivity index (χ1) is 14.7. The Bertz CT molecular complexity index is 1090. The molecule has 3 aromatic rings. The van der Waals surface area contributed by atoms with E-state index in [1.165, 1.54) is 30.0 Å². The number of rotatable bonds is 6. The van der Waals surface area contributed by atoms with Gasteiger partial charge in [-0.05, 0) is 77.0 Å². The van der Waals surface area contributed by atoms with Crippen LogP contribution in [0.4, 0.5) is 5.82 Å². The summed E-state index contributed by atoms with van der Waals surface area (Å²) in [6, 6.07) is 11.6. The number of benzene rings is 2. The molecular weight excluding hydrogens is 382 g/mol. The molecule has 0 atom stereocenters. The first-order valence-electron chi connectivity index (χ1n) is 9.84. The molecule has 0 bridgehead atoms. The Kier molecular flexibility index (Phi) is 5.79. The lowest BCUT2D eigenvalue weighted by Gasteiger charge is -2.16. The van der Waals surface area contributed by atoms with E-state index >= 15 is 0 Å². The van der Waals surface area contributed by atoms with E-state index in [4.69, 9.17) is 14.1 Å². The van der Waals surface area contributed by atoms with Gasteiger partial charge in [0.2, 0.25) is 11.7 Å². The van der Waals surface area contributed by atoms with Gasteiger partial charge in [-0.2, -0.15) is 0 Å². The predicted molar refractivity (Wildman–Crippen MR) is 114 cm³/mol. The number of ether oxygens (including phenoxy) is 2. The molecule has 1 aromatic heterocycles. The van der Waals surface area contributed by atoms with E-state index < -0.39 is 0 Å². The third-order valence-electron chi connectivity index (χ3n) is 5.19. The fraction of sp³-hybridized carbons (Fsp3) is 0.261. The molecule has 7 heteroatoms. The Balaban J connectivity index is 1.49. The number of carbonyl (C=O) groups excluding carboxylic acids is 1. The maximum Gasteiger partial charge on any atom is 0.249 e. The number of methoxy groups -OCH3 is 2. The fourth-order valence-electron chi connectivity index (χ4n) is 3.63. The molecule has 154 valence electrons. The van der Waals surface area contributed by atoms with Gasteiger partial charge in [0.1, 0.15) is 0 Å². The van der Waals surface area contributed by atoms with Crippen molar-refractivity contribution in [3.8, 4) is 22.8 Å². The Morgan fingerprint density at radius 1 is 1.00 bits per heavy atom. The number of hydrogen-bond donors (Lipinski definition) is 1. The minimum atomic E-state index is -0.334. The zero-order valence-corrected chi connectivity index (χ0v) is 17.0. The van der Waals surface area contributed by atoms with Gasteiger partial charge in [-0.3, -0.25) is 4.79 Å². The van der Waals surface area contributed by atoms with E-state index in [0.29, 0.717) is 23.0 Å². The summed E-state index contributed by atoms with van der Waals surface area (Å²) in [5.74, 6) is 1.19. The van der Waals surface area contributed by atoms with Crippen LogP contribution >= 0.6 is 0 Å². The molecule has 0 radical (unpaired) electrons. The number of aryl methyl sites for hydroxylation is 2. The first-order valence-corrected chi connectivity index (χ1v) is 9.84. The summed E-state index contributed by atoms with van der Waals surface area (Å²) in [6.07, 6.45) is 7.70. The number of anilines is 1. The third-order valence-corrected chi connectivity index (χ3v) is 5.19. The lowest BCUT2D eigenvalue weighted by Crippen LogP contribution is -2.09. The van der Waals surface area contributed by atoms with Crippen LogP contribution in [-0.4, -0.2) is 30.4 Å². The minimum Gasteiger partial charge on any atom is -0.493 e. The van der Waals surface area contributed by atoms with Gasteiger partial charge in [0.05, 0.1) is 14.2 Å². The maximum absolute atomic E-state index is 12.4. The molecule has 0 aliphatic heterocycles. The van der Waals surface area contributed by atoms with Gasteiger partial charge in [-0.25, -0.2) is 4.63 Å². The molecule has 0 fully saturated rings. The summed E-state index contributed by atoms with van der Waals surface area (Å²) in [6.45, 7) is 0. The van der Waals surface area contributed by atoms with Crippen LogP contribution in [0.15, 0.2) is 47.1 Å². The smallest absolute Gasteiger partial charge is 0.249 e. The SMILES string of the molecule is COc1ccc(/C=C/C(=O)Nc2nonc2-c2ccc3c(c2)CCCC3)cc1OC. The van der Waals surface area contributed by atoms with Crippen LogP contribution in [0.2, 0.25) is 0 Å². The van der Waals surface area contributed by atoms with E-state index in [0.717, 1.165) is 24.0 Å². The number of amides is 1. The second-order valence-corrected chi connectivity index (χ2v) is 7.09. The van der Waals surface area contributed by atoms with Crippen molar-refractivity contribution in [2.24, 2.45) is 0 Å². The molecule has 1 heterocycles. The zero-order chi connectivity index (χ0) is 20.9. The molecule has 30 heavy (non-hydrogen) atoms. The third kappa shape index (κ3) is 4.20. The van der Waals surface area contributed by atoms with Crippen molar-refractivity contribution >= 4 is 17.8 Å². The van der Waals surface area contributed by atoms with Gasteiger partial charge in [0.15, 0.2) is 17.2 Å². The number of hydrogen-bond acceptors (Lipinski definition) is 6. The maximum atomic E-state index is 12.4. The molecule has 0 spiro atoms. The van der Waals surface area contributed by atoms with Gasteiger partial charge in [-0.15, -0.1) is 0 Å². The molecular formula is C23H23N3O4. The lowest BCUT2D eigenvalue weighted by atomic mass is 9.90. The highest BCUT2D eigenvalue weighted by Gasteiger charge is 2.17. The summed E-state index contributed by atoms with van der Waals surface area (Å²) in [5, 5.41) is 10.6. The number of fused-ring (bicyclic) bond motifs is 1. The molecule has 4 rings (SSSR count). The first kappa shape index (κ1) is 19.7. The quantitative estimate of drug-likeness (QED) is 0.616. The van der Waals surface area contributed by atoms with Crippen LogP contribution in [0.3, 0.4) is 0 Å². The van der Waals surface area contributed by atoms with E-state index in [1.54, 1.807) is 32.4 Å². The molecule has 1 aliphatic carbocycles. The van der Waals surface area contributed by atoms with Crippen molar-refractivity contribution in [2.45, 2.75) is 25.7 Å². The van der Waals surface area contributed by atoms with E-state index in [9.17, 15) is 4.79 Å². The van der Waals surface area contributed by atoms with E-state index in [2.05, 4.69) is 27.8 Å². The zero-order valence-electron chi connectivity index (χ0n) is 17.0. The second kappa shape index (κ2) is 8.82. The van der Waals surface area contributed by atoms with E-state index in [1.807, 2.05) is 12.1 Å². The van der Waals surface area contributed by atoms with Gasteiger partial charge in [-0.1, -0.05) is 18.2 Å². The molecule has 0 saturated carbocycles. The van der Waals surface area contributed by atoms with E-state index in [-0.39, 0.29) is 5.91 Å². The minimum absolute atomic E-state index is 0.299. The molecule has 1 aliphatic rings. The summed E-state index contributed by atoms with van der Waals surface area (Å²) in [7, 11) is 3.14. The second-order valence-electron chi connectivity index (χ2n) is 7.09. The Morgan fingerprint density at radius 3 is 2.60 bits per heavy atom. The highest BCUT2D eigenvalue weighted by atomic mass is 16.6. The summed E-state index contributed by atoms with van der Waals surface area (Å²) in [5.41, 5.74) is 4.92. The van der Waals surface area contributed by atoms with Crippen molar-refractivity contribution in [3.05, 3.63) is 59.2 Å². The molecule has 2 aromatic carbocycles. The van der Waals surface area contributed by atoms with Crippen LogP contribution in [0.5, 0.6) is 11.5 Å². The molecule has 1 amide bonds. The van der Waals surface area contributed by atoms with Crippen molar-refractivity contribution < 1.29 is 18.9 Å². The van der Waals surface area contributed by atoms with Crippen molar-refractivity contribution in [3.63, 3.8) is 0 Å². The predicted octanol–water partition coefficient (Wildman–Crippen LogP) is 4.28. The van der Waals surface area contributed by atoms with Crippen LogP contribution in [0.25, 0.3) is 17.3 Å². The monoisotopic (exact) mass is 405 g/mol. The summed E-state index contributed by atoms with van der Waals surface area (Å²) in [4.78, 5) is 12.4. The van der Waals surface area contributed by atoms with Crippen molar-refractivity contribution in [1.29, 1.82) is 0 Å². The van der Waals surface area contributed by atoms with Gasteiger partial charge < -0.3 is 14.8 Å². The van der Waals surface area contributed by atoms with Gasteiger partial charge in [0, 0.05) is 11.6 Å². The molecule has 7 nitrogen and oxygen atoms in total. The Morgan fingerprint density at radius 2 is 1.80 bits per heavy atom. The highest BCUT2D eigenvalue weighted by Crippen LogP contribution is 2.30. The number of nitrogens with zero attached hydrogens (tertiary/aromatic N) is 2. The van der Waals surface area contributed by atoms with Gasteiger partial charge in [0.25, 0.3) is 0 Å².